The number of hydrogen-bond donors (Lipinski definition) is 1. The van der Waals surface area contributed by atoms with Crippen molar-refractivity contribution in [3.63, 3.8) is 0 Å². The Morgan fingerprint density at radius 3 is 2.41 bits per heavy atom. The summed E-state index contributed by atoms with van der Waals surface area (Å²) in [4.78, 5) is 2.15. The molecular formula is C14H15ClN2. The second kappa shape index (κ2) is 5.11. The average Bonchev–Trinajstić information content (AvgIpc) is 2.34. The SMILES string of the molecule is CCN(c1ccccc1)c1ccc(N)cc1Cl. The lowest BCUT2D eigenvalue weighted by atomic mass is 10.2. The van der Waals surface area contributed by atoms with Crippen molar-refractivity contribution >= 4 is 28.7 Å². The van der Waals surface area contributed by atoms with Crippen molar-refractivity contribution in [3.05, 3.63) is 53.6 Å². The Balaban J connectivity index is 2.42. The normalized spacial score (nSPS) is 10.2. The van der Waals surface area contributed by atoms with Crippen molar-refractivity contribution in [1.82, 2.24) is 0 Å². The molecule has 0 spiro atoms. The van der Waals surface area contributed by atoms with Crippen LogP contribution in [0.4, 0.5) is 17.1 Å². The highest BCUT2D eigenvalue weighted by atomic mass is 35.5. The van der Waals surface area contributed by atoms with Gasteiger partial charge in [0, 0.05) is 17.9 Å². The van der Waals surface area contributed by atoms with Crippen molar-refractivity contribution in [1.29, 1.82) is 0 Å². The van der Waals surface area contributed by atoms with Crippen molar-refractivity contribution < 1.29 is 0 Å². The van der Waals surface area contributed by atoms with Crippen LogP contribution in [-0.2, 0) is 0 Å². The monoisotopic (exact) mass is 246 g/mol. The lowest BCUT2D eigenvalue weighted by Crippen LogP contribution is -2.16. The summed E-state index contributed by atoms with van der Waals surface area (Å²) in [6.45, 7) is 2.95. The van der Waals surface area contributed by atoms with E-state index in [1.807, 2.05) is 30.3 Å². The maximum atomic E-state index is 6.23. The zero-order valence-corrected chi connectivity index (χ0v) is 10.5. The third kappa shape index (κ3) is 2.53. The standard InChI is InChI=1S/C14H15ClN2/c1-2-17(12-6-4-3-5-7-12)14-9-8-11(16)10-13(14)15/h3-10H,2,16H2,1H3. The molecule has 0 radical (unpaired) electrons. The van der Waals surface area contributed by atoms with E-state index in [0.717, 1.165) is 17.9 Å². The predicted molar refractivity (Wildman–Crippen MR) is 75.0 cm³/mol. The summed E-state index contributed by atoms with van der Waals surface area (Å²) in [5, 5.41) is 0.677. The van der Waals surface area contributed by atoms with Gasteiger partial charge in [0.2, 0.25) is 0 Å². The van der Waals surface area contributed by atoms with Gasteiger partial charge in [-0.15, -0.1) is 0 Å². The summed E-state index contributed by atoms with van der Waals surface area (Å²) in [6.07, 6.45) is 0. The zero-order valence-electron chi connectivity index (χ0n) is 9.73. The molecule has 2 nitrogen and oxygen atoms in total. The van der Waals surface area contributed by atoms with Crippen LogP contribution in [0.5, 0.6) is 0 Å². The van der Waals surface area contributed by atoms with Crippen LogP contribution in [0, 0.1) is 0 Å². The van der Waals surface area contributed by atoms with Gasteiger partial charge in [-0.1, -0.05) is 29.8 Å². The quantitative estimate of drug-likeness (QED) is 0.827. The summed E-state index contributed by atoms with van der Waals surface area (Å²) < 4.78 is 0. The Kier molecular flexibility index (Phi) is 3.55. The number of hydrogen-bond acceptors (Lipinski definition) is 2. The second-order valence-electron chi connectivity index (χ2n) is 3.79. The van der Waals surface area contributed by atoms with Crippen LogP contribution in [0.2, 0.25) is 5.02 Å². The molecule has 17 heavy (non-hydrogen) atoms. The maximum absolute atomic E-state index is 6.23. The lowest BCUT2D eigenvalue weighted by Gasteiger charge is -2.24. The molecule has 0 aliphatic rings. The number of rotatable bonds is 3. The highest BCUT2D eigenvalue weighted by Gasteiger charge is 2.10. The van der Waals surface area contributed by atoms with Crippen molar-refractivity contribution in [2.24, 2.45) is 0 Å². The molecule has 0 atom stereocenters. The molecule has 0 saturated carbocycles. The first kappa shape index (κ1) is 11.8. The first-order valence-corrected chi connectivity index (χ1v) is 5.97. The van der Waals surface area contributed by atoms with E-state index in [1.54, 1.807) is 6.07 Å². The van der Waals surface area contributed by atoms with E-state index in [-0.39, 0.29) is 0 Å². The number of para-hydroxylation sites is 1. The Morgan fingerprint density at radius 1 is 1.12 bits per heavy atom. The van der Waals surface area contributed by atoms with E-state index in [9.17, 15) is 0 Å². The fourth-order valence-corrected chi connectivity index (χ4v) is 2.13. The summed E-state index contributed by atoms with van der Waals surface area (Å²) in [5.41, 5.74) is 8.50. The van der Waals surface area contributed by atoms with Crippen LogP contribution < -0.4 is 10.6 Å². The molecule has 0 unspecified atom stereocenters. The molecular weight excluding hydrogens is 232 g/mol. The van der Waals surface area contributed by atoms with Gasteiger partial charge in [0.25, 0.3) is 0 Å². The molecule has 3 heteroatoms. The van der Waals surface area contributed by atoms with Gasteiger partial charge in [-0.05, 0) is 37.3 Å². The summed E-state index contributed by atoms with van der Waals surface area (Å²) in [7, 11) is 0. The van der Waals surface area contributed by atoms with E-state index < -0.39 is 0 Å². The van der Waals surface area contributed by atoms with Crippen LogP contribution in [0.1, 0.15) is 6.92 Å². The number of nitrogens with two attached hydrogens (primary N) is 1. The number of anilines is 3. The molecule has 0 aliphatic carbocycles. The van der Waals surface area contributed by atoms with Crippen molar-refractivity contribution in [3.8, 4) is 0 Å². The number of nitrogens with zero attached hydrogens (tertiary/aromatic N) is 1. The molecule has 2 rings (SSSR count). The maximum Gasteiger partial charge on any atom is 0.0663 e. The minimum atomic E-state index is 0.677. The fraction of sp³-hybridized carbons (Fsp3) is 0.143. The summed E-state index contributed by atoms with van der Waals surface area (Å²) in [5.74, 6) is 0. The Bertz CT molecular complexity index is 497. The molecule has 0 fully saturated rings. The molecule has 0 aliphatic heterocycles. The number of halogens is 1. The summed E-state index contributed by atoms with van der Waals surface area (Å²) >= 11 is 6.23. The summed E-state index contributed by atoms with van der Waals surface area (Å²) in [6, 6.07) is 15.8. The van der Waals surface area contributed by atoms with E-state index in [1.165, 1.54) is 0 Å². The fourth-order valence-electron chi connectivity index (χ4n) is 1.84. The van der Waals surface area contributed by atoms with Crippen molar-refractivity contribution in [2.75, 3.05) is 17.2 Å². The smallest absolute Gasteiger partial charge is 0.0663 e. The van der Waals surface area contributed by atoms with Gasteiger partial charge in [-0.3, -0.25) is 0 Å². The van der Waals surface area contributed by atoms with Crippen LogP contribution >= 0.6 is 11.6 Å². The Hall–Kier alpha value is -1.67. The van der Waals surface area contributed by atoms with Crippen LogP contribution in [-0.4, -0.2) is 6.54 Å². The minimum Gasteiger partial charge on any atom is -0.399 e. The van der Waals surface area contributed by atoms with Crippen LogP contribution in [0.15, 0.2) is 48.5 Å². The molecule has 0 saturated heterocycles. The molecule has 2 N–H and O–H groups in total. The molecule has 2 aromatic rings. The zero-order chi connectivity index (χ0) is 12.3. The molecule has 2 aromatic carbocycles. The molecule has 0 heterocycles. The van der Waals surface area contributed by atoms with Gasteiger partial charge < -0.3 is 10.6 Å². The highest BCUT2D eigenvalue weighted by molar-refractivity contribution is 6.33. The largest absolute Gasteiger partial charge is 0.399 e. The lowest BCUT2D eigenvalue weighted by molar-refractivity contribution is 1.02. The third-order valence-electron chi connectivity index (χ3n) is 2.65. The molecule has 0 aromatic heterocycles. The minimum absolute atomic E-state index is 0.677. The van der Waals surface area contributed by atoms with E-state index >= 15 is 0 Å². The Morgan fingerprint density at radius 2 is 1.82 bits per heavy atom. The Labute approximate surface area is 107 Å². The van der Waals surface area contributed by atoms with Gasteiger partial charge in [0.1, 0.15) is 0 Å². The van der Waals surface area contributed by atoms with Crippen molar-refractivity contribution in [2.45, 2.75) is 6.92 Å². The van der Waals surface area contributed by atoms with Crippen LogP contribution in [0.25, 0.3) is 0 Å². The van der Waals surface area contributed by atoms with E-state index in [4.69, 9.17) is 17.3 Å². The first-order valence-electron chi connectivity index (χ1n) is 5.60. The van der Waals surface area contributed by atoms with E-state index in [0.29, 0.717) is 10.7 Å². The molecule has 88 valence electrons. The third-order valence-corrected chi connectivity index (χ3v) is 2.95. The van der Waals surface area contributed by atoms with Gasteiger partial charge in [-0.2, -0.15) is 0 Å². The predicted octanol–water partition coefficient (Wildman–Crippen LogP) is 4.08. The number of benzene rings is 2. The topological polar surface area (TPSA) is 29.3 Å². The van der Waals surface area contributed by atoms with Crippen LogP contribution in [0.3, 0.4) is 0 Å². The number of nitrogen functional groups attached to an aromatic ring is 1. The van der Waals surface area contributed by atoms with Gasteiger partial charge >= 0.3 is 0 Å². The van der Waals surface area contributed by atoms with Gasteiger partial charge in [0.15, 0.2) is 0 Å². The van der Waals surface area contributed by atoms with E-state index in [2.05, 4.69) is 24.0 Å². The average molecular weight is 247 g/mol. The van der Waals surface area contributed by atoms with Gasteiger partial charge in [0.05, 0.1) is 10.7 Å². The first-order chi connectivity index (χ1) is 8.22. The highest BCUT2D eigenvalue weighted by Crippen LogP contribution is 2.32. The second-order valence-corrected chi connectivity index (χ2v) is 4.20. The van der Waals surface area contributed by atoms with Gasteiger partial charge in [-0.25, -0.2) is 0 Å². The molecule has 0 amide bonds. The molecule has 0 bridgehead atoms.